The van der Waals surface area contributed by atoms with Gasteiger partial charge in [0.15, 0.2) is 0 Å². The van der Waals surface area contributed by atoms with E-state index in [1.807, 2.05) is 24.3 Å². The minimum Gasteiger partial charge on any atom is -0.497 e. The van der Waals surface area contributed by atoms with Crippen LogP contribution in [0.15, 0.2) is 83.8 Å². The molecule has 8 heteroatoms. The first-order chi connectivity index (χ1) is 20.3. The van der Waals surface area contributed by atoms with Crippen LogP contribution in [-0.4, -0.2) is 57.8 Å². The van der Waals surface area contributed by atoms with E-state index in [9.17, 15) is 13.2 Å². The van der Waals surface area contributed by atoms with Crippen LogP contribution in [0.25, 0.3) is 0 Å². The molecule has 5 rings (SSSR count). The van der Waals surface area contributed by atoms with Crippen LogP contribution in [0.3, 0.4) is 0 Å². The van der Waals surface area contributed by atoms with Gasteiger partial charge in [-0.05, 0) is 99.0 Å². The third-order valence-corrected chi connectivity index (χ3v) is 11.0. The van der Waals surface area contributed by atoms with Gasteiger partial charge in [-0.1, -0.05) is 54.6 Å². The molecular formula is C34H43N3O4S. The molecule has 2 atom stereocenters. The highest BCUT2D eigenvalue weighted by Crippen LogP contribution is 2.40. The number of ether oxygens (including phenoxy) is 1. The lowest BCUT2D eigenvalue weighted by atomic mass is 9.76. The lowest BCUT2D eigenvalue weighted by Crippen LogP contribution is -2.42. The van der Waals surface area contributed by atoms with Crippen LogP contribution in [-0.2, 0) is 21.2 Å². The molecule has 0 saturated heterocycles. The van der Waals surface area contributed by atoms with E-state index in [0.717, 1.165) is 36.8 Å². The molecule has 3 aromatic rings. The Morgan fingerprint density at radius 2 is 1.62 bits per heavy atom. The summed E-state index contributed by atoms with van der Waals surface area (Å²) in [6.07, 6.45) is 5.12. The molecule has 1 aliphatic heterocycles. The van der Waals surface area contributed by atoms with Gasteiger partial charge in [0, 0.05) is 25.6 Å². The van der Waals surface area contributed by atoms with Crippen LogP contribution in [0.2, 0.25) is 0 Å². The molecule has 2 aliphatic rings. The molecule has 0 radical (unpaired) electrons. The second-order valence-corrected chi connectivity index (χ2v) is 13.8. The summed E-state index contributed by atoms with van der Waals surface area (Å²) in [4.78, 5) is 15.9. The van der Waals surface area contributed by atoms with E-state index in [4.69, 9.17) is 4.74 Å². The van der Waals surface area contributed by atoms with E-state index < -0.39 is 16.1 Å². The third kappa shape index (κ3) is 6.72. The first-order valence-electron chi connectivity index (χ1n) is 15.0. The number of benzene rings is 3. The Balaban J connectivity index is 1.23. The number of fused-ring (bicyclic) bond motifs is 1. The van der Waals surface area contributed by atoms with Gasteiger partial charge in [0.05, 0.1) is 18.0 Å². The van der Waals surface area contributed by atoms with Gasteiger partial charge >= 0.3 is 0 Å². The zero-order valence-corrected chi connectivity index (χ0v) is 25.7. The molecule has 0 bridgehead atoms. The summed E-state index contributed by atoms with van der Waals surface area (Å²) in [5.41, 5.74) is 3.37. The van der Waals surface area contributed by atoms with E-state index in [2.05, 4.69) is 54.6 Å². The van der Waals surface area contributed by atoms with Crippen molar-refractivity contribution < 1.29 is 17.9 Å². The monoisotopic (exact) mass is 589 g/mol. The van der Waals surface area contributed by atoms with Crippen LogP contribution in [0.4, 0.5) is 0 Å². The molecule has 1 saturated carbocycles. The van der Waals surface area contributed by atoms with Crippen molar-refractivity contribution in [2.75, 3.05) is 34.3 Å². The standard InChI is InChI=1S/C34H43N3O4S/c1-36(2)34(27-10-5-4-6-11-27)28-15-13-25(14-16-28)24-35-33(38)23-32-31-12-8-7-9-26(31)21-22-37(32)42(39,40)30-19-17-29(41-3)18-20-30/h4-12,17-20,25,28,32,34H,13-16,21-24H2,1-3H3,(H,35,38). The number of nitrogens with zero attached hydrogens (tertiary/aromatic N) is 2. The summed E-state index contributed by atoms with van der Waals surface area (Å²) >= 11 is 0. The Labute approximate surface area is 250 Å². The summed E-state index contributed by atoms with van der Waals surface area (Å²) < 4.78 is 34.3. The molecule has 1 heterocycles. The average molecular weight is 590 g/mol. The van der Waals surface area contributed by atoms with Crippen LogP contribution in [0.1, 0.15) is 60.9 Å². The summed E-state index contributed by atoms with van der Waals surface area (Å²) in [6.45, 7) is 0.963. The molecule has 0 spiro atoms. The van der Waals surface area contributed by atoms with Crippen molar-refractivity contribution in [3.63, 3.8) is 0 Å². The fourth-order valence-electron chi connectivity index (χ4n) is 6.87. The zero-order chi connectivity index (χ0) is 29.7. The second kappa shape index (κ2) is 13.4. The molecule has 2 unspecified atom stereocenters. The smallest absolute Gasteiger partial charge is 0.243 e. The molecule has 1 N–H and O–H groups in total. The summed E-state index contributed by atoms with van der Waals surface area (Å²) in [6, 6.07) is 24.9. The molecule has 1 fully saturated rings. The maximum absolute atomic E-state index is 13.8. The van der Waals surface area contributed by atoms with Crippen molar-refractivity contribution in [2.45, 2.75) is 55.5 Å². The van der Waals surface area contributed by atoms with Crippen molar-refractivity contribution in [2.24, 2.45) is 11.8 Å². The van der Waals surface area contributed by atoms with Crippen LogP contribution < -0.4 is 10.1 Å². The van der Waals surface area contributed by atoms with Gasteiger partial charge in [0.25, 0.3) is 0 Å². The topological polar surface area (TPSA) is 79.0 Å². The Bertz CT molecular complexity index is 1440. The zero-order valence-electron chi connectivity index (χ0n) is 24.9. The highest BCUT2D eigenvalue weighted by Gasteiger charge is 2.38. The average Bonchev–Trinajstić information content (AvgIpc) is 3.01. The van der Waals surface area contributed by atoms with E-state index in [1.54, 1.807) is 31.4 Å². The Kier molecular flexibility index (Phi) is 9.66. The molecule has 7 nitrogen and oxygen atoms in total. The SMILES string of the molecule is COc1ccc(S(=O)(=O)N2CCc3ccccc3C2CC(=O)NCC2CCC(C(c3ccccc3)N(C)C)CC2)cc1. The molecule has 3 aromatic carbocycles. The lowest BCUT2D eigenvalue weighted by Gasteiger charge is -2.38. The maximum atomic E-state index is 13.8. The molecule has 224 valence electrons. The van der Waals surface area contributed by atoms with Gasteiger partial charge in [-0.3, -0.25) is 4.79 Å². The second-order valence-electron chi connectivity index (χ2n) is 11.9. The molecule has 1 aliphatic carbocycles. The summed E-state index contributed by atoms with van der Waals surface area (Å²) in [5.74, 6) is 1.51. The fourth-order valence-corrected chi connectivity index (χ4v) is 8.47. The number of nitrogens with one attached hydrogen (secondary N) is 1. The highest BCUT2D eigenvalue weighted by molar-refractivity contribution is 7.89. The predicted molar refractivity (Wildman–Crippen MR) is 166 cm³/mol. The first-order valence-corrected chi connectivity index (χ1v) is 16.4. The fraction of sp³-hybridized carbons (Fsp3) is 0.441. The van der Waals surface area contributed by atoms with Crippen molar-refractivity contribution >= 4 is 15.9 Å². The highest BCUT2D eigenvalue weighted by atomic mass is 32.2. The van der Waals surface area contributed by atoms with E-state index in [0.29, 0.717) is 43.1 Å². The largest absolute Gasteiger partial charge is 0.497 e. The van der Waals surface area contributed by atoms with E-state index in [1.165, 1.54) is 9.87 Å². The normalized spacial score (nSPS) is 21.9. The number of hydrogen-bond donors (Lipinski definition) is 1. The molecule has 0 aromatic heterocycles. The van der Waals surface area contributed by atoms with E-state index in [-0.39, 0.29) is 17.2 Å². The number of carbonyl (C=O) groups is 1. The third-order valence-electron chi connectivity index (χ3n) is 9.03. The molecule has 42 heavy (non-hydrogen) atoms. The summed E-state index contributed by atoms with van der Waals surface area (Å²) in [5, 5.41) is 3.17. The van der Waals surface area contributed by atoms with E-state index >= 15 is 0 Å². The van der Waals surface area contributed by atoms with Gasteiger partial charge in [-0.25, -0.2) is 8.42 Å². The van der Waals surface area contributed by atoms with Crippen LogP contribution >= 0.6 is 0 Å². The van der Waals surface area contributed by atoms with Gasteiger partial charge in [0.1, 0.15) is 5.75 Å². The van der Waals surface area contributed by atoms with Gasteiger partial charge < -0.3 is 15.0 Å². The minimum atomic E-state index is -3.81. The van der Waals surface area contributed by atoms with Crippen molar-refractivity contribution in [1.82, 2.24) is 14.5 Å². The minimum absolute atomic E-state index is 0.0957. The predicted octanol–water partition coefficient (Wildman–Crippen LogP) is 5.60. The van der Waals surface area contributed by atoms with Crippen molar-refractivity contribution in [3.8, 4) is 5.75 Å². The number of sulfonamides is 1. The number of hydrogen-bond acceptors (Lipinski definition) is 5. The Morgan fingerprint density at radius 3 is 2.29 bits per heavy atom. The summed E-state index contributed by atoms with van der Waals surface area (Å²) in [7, 11) is 2.06. The number of amides is 1. The Hall–Kier alpha value is -3.20. The maximum Gasteiger partial charge on any atom is 0.243 e. The quantitative estimate of drug-likeness (QED) is 0.333. The Morgan fingerprint density at radius 1 is 0.952 bits per heavy atom. The van der Waals surface area contributed by atoms with Crippen molar-refractivity contribution in [3.05, 3.63) is 95.6 Å². The lowest BCUT2D eigenvalue weighted by molar-refractivity contribution is -0.122. The van der Waals surface area contributed by atoms with Gasteiger partial charge in [-0.2, -0.15) is 4.31 Å². The van der Waals surface area contributed by atoms with Gasteiger partial charge in [0.2, 0.25) is 15.9 Å². The van der Waals surface area contributed by atoms with Crippen molar-refractivity contribution in [1.29, 1.82) is 0 Å². The van der Waals surface area contributed by atoms with Gasteiger partial charge in [-0.15, -0.1) is 0 Å². The number of rotatable bonds is 10. The number of carbonyl (C=O) groups excluding carboxylic acids is 1. The number of methoxy groups -OCH3 is 1. The molecule has 1 amide bonds. The van der Waals surface area contributed by atoms with Crippen LogP contribution in [0.5, 0.6) is 5.75 Å². The molecular weight excluding hydrogens is 546 g/mol. The first kappa shape index (κ1) is 30.3. The van der Waals surface area contributed by atoms with Crippen LogP contribution in [0, 0.1) is 11.8 Å².